The molecule has 0 spiro atoms. The van der Waals surface area contributed by atoms with E-state index in [9.17, 15) is 13.6 Å². The molecule has 0 saturated heterocycles. The molecule has 1 amide bonds. The van der Waals surface area contributed by atoms with E-state index in [1.54, 1.807) is 24.3 Å². The summed E-state index contributed by atoms with van der Waals surface area (Å²) in [4.78, 5) is 17.7. The first-order valence-corrected chi connectivity index (χ1v) is 7.51. The number of hydrogen-bond donors (Lipinski definition) is 0. The van der Waals surface area contributed by atoms with E-state index in [2.05, 4.69) is 4.98 Å². The summed E-state index contributed by atoms with van der Waals surface area (Å²) in [6.45, 7) is -2.62. The van der Waals surface area contributed by atoms with Gasteiger partial charge in [-0.05, 0) is 24.3 Å². The lowest BCUT2D eigenvalue weighted by Crippen LogP contribution is -2.31. The number of imidazole rings is 1. The van der Waals surface area contributed by atoms with Gasteiger partial charge in [-0.2, -0.15) is 8.78 Å². The number of halogens is 3. The average Bonchev–Trinajstić information content (AvgIpc) is 3.01. The number of hydrogen-bond acceptors (Lipinski definition) is 3. The van der Waals surface area contributed by atoms with E-state index >= 15 is 0 Å². The number of carbonyl (C=O) groups excluding carboxylic acids is 1. The number of alkyl halides is 2. The van der Waals surface area contributed by atoms with Gasteiger partial charge in [0.15, 0.2) is 0 Å². The first kappa shape index (κ1) is 16.4. The molecule has 0 aliphatic carbocycles. The molecule has 24 heavy (non-hydrogen) atoms. The number of likely N-dealkylation sites (N-methyl/N-ethyl adjacent to an activating group) is 1. The Labute approximate surface area is 142 Å². The van der Waals surface area contributed by atoms with E-state index in [1.807, 2.05) is 0 Å². The predicted molar refractivity (Wildman–Crippen MR) is 84.9 cm³/mol. The second kappa shape index (κ2) is 6.60. The summed E-state index contributed by atoms with van der Waals surface area (Å²) < 4.78 is 32.0. The molecule has 0 N–H and O–H groups in total. The van der Waals surface area contributed by atoms with Crippen LogP contribution in [-0.2, 0) is 11.3 Å². The van der Waals surface area contributed by atoms with Crippen LogP contribution >= 0.6 is 11.6 Å². The zero-order chi connectivity index (χ0) is 17.3. The molecule has 126 valence electrons. The largest absolute Gasteiger partial charge is 0.488 e. The third-order valence-electron chi connectivity index (χ3n) is 3.64. The summed E-state index contributed by atoms with van der Waals surface area (Å²) in [7, 11) is 1.53. The molecule has 1 aliphatic heterocycles. The quantitative estimate of drug-likeness (QED) is 0.846. The highest BCUT2D eigenvalue weighted by molar-refractivity contribution is 6.30. The van der Waals surface area contributed by atoms with Gasteiger partial charge in [-0.15, -0.1) is 0 Å². The van der Waals surface area contributed by atoms with Crippen molar-refractivity contribution in [2.24, 2.45) is 0 Å². The Bertz CT molecular complexity index is 804. The Morgan fingerprint density at radius 2 is 2.29 bits per heavy atom. The molecular weight excluding hydrogens is 340 g/mol. The molecule has 2 heterocycles. The lowest BCUT2D eigenvalue weighted by molar-refractivity contribution is -0.126. The maximum Gasteiger partial charge on any atom is 0.319 e. The van der Waals surface area contributed by atoms with Gasteiger partial charge < -0.3 is 9.64 Å². The molecule has 1 aromatic carbocycles. The molecular formula is C16H14ClF2N3O2. The molecule has 5 nitrogen and oxygen atoms in total. The van der Waals surface area contributed by atoms with Gasteiger partial charge in [-0.25, -0.2) is 4.98 Å². The van der Waals surface area contributed by atoms with Crippen LogP contribution < -0.4 is 4.74 Å². The average molecular weight is 354 g/mol. The number of aromatic nitrogens is 2. The zero-order valence-corrected chi connectivity index (χ0v) is 13.5. The van der Waals surface area contributed by atoms with E-state index < -0.39 is 6.55 Å². The fourth-order valence-electron chi connectivity index (χ4n) is 2.45. The molecule has 0 saturated carbocycles. The molecule has 0 radical (unpaired) electrons. The standard InChI is InChI=1S/C16H14ClF2N3O2/c1-21(8-14-20-4-5-22(14)16(18)19)15(23)11-6-10-7-12(17)2-3-13(10)24-9-11/h2-7,16H,8-9H2,1H3. The Kier molecular flexibility index (Phi) is 4.53. The molecule has 3 rings (SSSR count). The van der Waals surface area contributed by atoms with E-state index in [1.165, 1.54) is 24.3 Å². The van der Waals surface area contributed by atoms with Crippen LogP contribution in [-0.4, -0.2) is 34.0 Å². The number of amides is 1. The monoisotopic (exact) mass is 353 g/mol. The van der Waals surface area contributed by atoms with E-state index in [4.69, 9.17) is 16.3 Å². The number of nitrogens with zero attached hydrogens (tertiary/aromatic N) is 3. The number of rotatable bonds is 4. The molecule has 0 fully saturated rings. The molecule has 0 bridgehead atoms. The summed E-state index contributed by atoms with van der Waals surface area (Å²) in [5.41, 5.74) is 1.13. The minimum Gasteiger partial charge on any atom is -0.488 e. The van der Waals surface area contributed by atoms with Crippen LogP contribution in [0.5, 0.6) is 5.75 Å². The minimum absolute atomic E-state index is 0.0318. The number of carbonyl (C=O) groups is 1. The lowest BCUT2D eigenvalue weighted by Gasteiger charge is -2.22. The molecule has 0 atom stereocenters. The van der Waals surface area contributed by atoms with Crippen LogP contribution in [0.25, 0.3) is 6.08 Å². The number of ether oxygens (including phenoxy) is 1. The maximum atomic E-state index is 12.8. The number of benzene rings is 1. The molecule has 0 unspecified atom stereocenters. The van der Waals surface area contributed by atoms with Crippen molar-refractivity contribution < 1.29 is 18.3 Å². The Hall–Kier alpha value is -2.41. The second-order valence-corrected chi connectivity index (χ2v) is 5.77. The van der Waals surface area contributed by atoms with Crippen LogP contribution in [0.15, 0.2) is 36.2 Å². The Morgan fingerprint density at radius 1 is 1.50 bits per heavy atom. The maximum absolute atomic E-state index is 12.8. The third kappa shape index (κ3) is 3.26. The van der Waals surface area contributed by atoms with Crippen LogP contribution in [0.3, 0.4) is 0 Å². The van der Waals surface area contributed by atoms with Crippen molar-refractivity contribution in [1.82, 2.24) is 14.5 Å². The van der Waals surface area contributed by atoms with Gasteiger partial charge in [0.25, 0.3) is 5.91 Å². The van der Waals surface area contributed by atoms with Crippen molar-refractivity contribution in [2.45, 2.75) is 13.1 Å². The van der Waals surface area contributed by atoms with E-state index in [0.717, 1.165) is 4.57 Å². The van der Waals surface area contributed by atoms with Gasteiger partial charge in [0.05, 0.1) is 12.1 Å². The summed E-state index contributed by atoms with van der Waals surface area (Å²) in [5, 5.41) is 0.537. The van der Waals surface area contributed by atoms with E-state index in [-0.39, 0.29) is 24.9 Å². The number of fused-ring (bicyclic) bond motifs is 1. The van der Waals surface area contributed by atoms with Crippen LogP contribution in [0.1, 0.15) is 17.9 Å². The van der Waals surface area contributed by atoms with Gasteiger partial charge in [0.1, 0.15) is 18.2 Å². The highest BCUT2D eigenvalue weighted by Gasteiger charge is 2.22. The predicted octanol–water partition coefficient (Wildman–Crippen LogP) is 3.37. The highest BCUT2D eigenvalue weighted by atomic mass is 35.5. The van der Waals surface area contributed by atoms with Crippen molar-refractivity contribution in [2.75, 3.05) is 13.7 Å². The van der Waals surface area contributed by atoms with Crippen molar-refractivity contribution in [3.63, 3.8) is 0 Å². The topological polar surface area (TPSA) is 47.4 Å². The third-order valence-corrected chi connectivity index (χ3v) is 3.88. The second-order valence-electron chi connectivity index (χ2n) is 5.33. The van der Waals surface area contributed by atoms with Crippen molar-refractivity contribution in [3.05, 3.63) is 52.6 Å². The molecule has 8 heteroatoms. The Balaban J connectivity index is 1.78. The highest BCUT2D eigenvalue weighted by Crippen LogP contribution is 2.29. The first-order chi connectivity index (χ1) is 11.5. The van der Waals surface area contributed by atoms with E-state index in [0.29, 0.717) is 21.9 Å². The van der Waals surface area contributed by atoms with Crippen molar-refractivity contribution >= 4 is 23.6 Å². The SMILES string of the molecule is CN(Cc1nccn1C(F)F)C(=O)C1=Cc2cc(Cl)ccc2OC1. The van der Waals surface area contributed by atoms with Crippen LogP contribution in [0.2, 0.25) is 5.02 Å². The summed E-state index contributed by atoms with van der Waals surface area (Å²) in [6, 6.07) is 5.14. The van der Waals surface area contributed by atoms with Crippen LogP contribution in [0, 0.1) is 0 Å². The molecule has 2 aromatic rings. The van der Waals surface area contributed by atoms with Gasteiger partial charge in [0, 0.05) is 30.0 Å². The Morgan fingerprint density at radius 3 is 3.04 bits per heavy atom. The van der Waals surface area contributed by atoms with Crippen molar-refractivity contribution in [1.29, 1.82) is 0 Å². The molecule has 1 aromatic heterocycles. The van der Waals surface area contributed by atoms with Gasteiger partial charge in [0.2, 0.25) is 0 Å². The molecule has 1 aliphatic rings. The first-order valence-electron chi connectivity index (χ1n) is 7.14. The van der Waals surface area contributed by atoms with Crippen molar-refractivity contribution in [3.8, 4) is 5.75 Å². The van der Waals surface area contributed by atoms with Crippen LogP contribution in [0.4, 0.5) is 8.78 Å². The minimum atomic E-state index is -2.70. The fraction of sp³-hybridized carbons (Fsp3) is 0.250. The summed E-state index contributed by atoms with van der Waals surface area (Å²) >= 11 is 5.95. The van der Waals surface area contributed by atoms with Gasteiger partial charge >= 0.3 is 6.55 Å². The smallest absolute Gasteiger partial charge is 0.319 e. The fourth-order valence-corrected chi connectivity index (χ4v) is 2.63. The zero-order valence-electron chi connectivity index (χ0n) is 12.7. The van der Waals surface area contributed by atoms with Gasteiger partial charge in [-0.3, -0.25) is 9.36 Å². The lowest BCUT2D eigenvalue weighted by atomic mass is 10.1. The van der Waals surface area contributed by atoms with Gasteiger partial charge in [-0.1, -0.05) is 11.6 Å². The summed E-state index contributed by atoms with van der Waals surface area (Å²) in [5.74, 6) is 0.443. The summed E-state index contributed by atoms with van der Waals surface area (Å²) in [6.07, 6.45) is 4.16. The normalized spacial score (nSPS) is 13.3.